The second kappa shape index (κ2) is 5.98. The quantitative estimate of drug-likeness (QED) is 0.818. The maximum Gasteiger partial charge on any atom is 0.234 e. The third-order valence-electron chi connectivity index (χ3n) is 2.51. The fourth-order valence-corrected chi connectivity index (χ4v) is 2.37. The van der Waals surface area contributed by atoms with Gasteiger partial charge in [0.05, 0.1) is 11.4 Å². The Morgan fingerprint density at radius 2 is 2.17 bits per heavy atom. The summed E-state index contributed by atoms with van der Waals surface area (Å²) in [6.07, 6.45) is 1.75. The van der Waals surface area contributed by atoms with E-state index in [0.717, 1.165) is 29.2 Å². The number of nitrogens with zero attached hydrogens (tertiary/aromatic N) is 5. The van der Waals surface area contributed by atoms with Crippen molar-refractivity contribution in [1.29, 1.82) is 0 Å². The minimum absolute atomic E-state index is 0.464. The first-order chi connectivity index (χ1) is 8.76. The summed E-state index contributed by atoms with van der Waals surface area (Å²) in [5.41, 5.74) is 7.44. The molecule has 0 aromatic carbocycles. The number of rotatable bonds is 6. The van der Waals surface area contributed by atoms with Crippen molar-refractivity contribution in [1.82, 2.24) is 25.2 Å². The number of aromatic nitrogens is 5. The summed E-state index contributed by atoms with van der Waals surface area (Å²) < 4.78 is 6.73. The van der Waals surface area contributed by atoms with E-state index in [4.69, 9.17) is 10.5 Å². The van der Waals surface area contributed by atoms with Crippen molar-refractivity contribution >= 4 is 11.3 Å². The van der Waals surface area contributed by atoms with E-state index >= 15 is 0 Å². The van der Waals surface area contributed by atoms with Crippen LogP contribution in [0, 0.1) is 6.92 Å². The first kappa shape index (κ1) is 13.1. The lowest BCUT2D eigenvalue weighted by atomic mass is 10.2. The fourth-order valence-electron chi connectivity index (χ4n) is 1.55. The van der Waals surface area contributed by atoms with E-state index in [1.807, 2.05) is 6.92 Å². The van der Waals surface area contributed by atoms with E-state index in [9.17, 15) is 0 Å². The molecule has 0 aliphatic carbocycles. The van der Waals surface area contributed by atoms with Crippen molar-refractivity contribution in [3.8, 4) is 5.13 Å². The second-order valence-electron chi connectivity index (χ2n) is 3.84. The SMILES string of the molecule is COCc1nnc(-n2nnc(CCCN)c2C)s1. The summed E-state index contributed by atoms with van der Waals surface area (Å²) in [6, 6.07) is 0. The van der Waals surface area contributed by atoms with Crippen LogP contribution >= 0.6 is 11.3 Å². The van der Waals surface area contributed by atoms with Gasteiger partial charge in [0.2, 0.25) is 5.13 Å². The van der Waals surface area contributed by atoms with Crippen molar-refractivity contribution < 1.29 is 4.74 Å². The van der Waals surface area contributed by atoms with Gasteiger partial charge in [-0.2, -0.15) is 4.68 Å². The van der Waals surface area contributed by atoms with Gasteiger partial charge in [-0.1, -0.05) is 16.6 Å². The maximum atomic E-state index is 5.49. The highest BCUT2D eigenvalue weighted by Gasteiger charge is 2.13. The molecule has 0 spiro atoms. The van der Waals surface area contributed by atoms with Crippen molar-refractivity contribution in [3.63, 3.8) is 0 Å². The zero-order valence-corrected chi connectivity index (χ0v) is 11.3. The van der Waals surface area contributed by atoms with Gasteiger partial charge in [-0.15, -0.1) is 15.3 Å². The van der Waals surface area contributed by atoms with Crippen LogP contribution in [0.25, 0.3) is 5.13 Å². The smallest absolute Gasteiger partial charge is 0.234 e. The molecule has 0 saturated heterocycles. The Hall–Kier alpha value is -1.38. The predicted molar refractivity (Wildman–Crippen MR) is 67.7 cm³/mol. The molecule has 8 heteroatoms. The molecule has 0 bridgehead atoms. The molecule has 2 N–H and O–H groups in total. The van der Waals surface area contributed by atoms with Crippen LogP contribution in [0.4, 0.5) is 0 Å². The molecule has 98 valence electrons. The van der Waals surface area contributed by atoms with Crippen LogP contribution in [0.15, 0.2) is 0 Å². The Balaban J connectivity index is 2.19. The highest BCUT2D eigenvalue weighted by atomic mass is 32.1. The first-order valence-corrected chi connectivity index (χ1v) is 6.51. The van der Waals surface area contributed by atoms with Gasteiger partial charge in [-0.25, -0.2) is 0 Å². The Bertz CT molecular complexity index is 508. The lowest BCUT2D eigenvalue weighted by Gasteiger charge is -1.98. The average Bonchev–Trinajstić information content (AvgIpc) is 2.94. The second-order valence-corrected chi connectivity index (χ2v) is 4.88. The van der Waals surface area contributed by atoms with Crippen molar-refractivity contribution in [2.75, 3.05) is 13.7 Å². The summed E-state index contributed by atoms with van der Waals surface area (Å²) in [6.45, 7) is 3.10. The third-order valence-corrected chi connectivity index (χ3v) is 3.39. The summed E-state index contributed by atoms with van der Waals surface area (Å²) in [5, 5.41) is 17.9. The third kappa shape index (κ3) is 2.71. The fraction of sp³-hybridized carbons (Fsp3) is 0.600. The minimum atomic E-state index is 0.464. The van der Waals surface area contributed by atoms with Crippen LogP contribution in [0.1, 0.15) is 22.8 Å². The first-order valence-electron chi connectivity index (χ1n) is 5.69. The van der Waals surface area contributed by atoms with E-state index in [2.05, 4.69) is 20.5 Å². The van der Waals surface area contributed by atoms with E-state index in [1.54, 1.807) is 11.8 Å². The van der Waals surface area contributed by atoms with E-state index in [0.29, 0.717) is 18.3 Å². The van der Waals surface area contributed by atoms with E-state index in [1.165, 1.54) is 11.3 Å². The van der Waals surface area contributed by atoms with Gasteiger partial charge in [0, 0.05) is 7.11 Å². The topological polar surface area (TPSA) is 91.7 Å². The van der Waals surface area contributed by atoms with Crippen molar-refractivity contribution in [3.05, 3.63) is 16.4 Å². The number of hydrogen-bond donors (Lipinski definition) is 1. The molecule has 2 rings (SSSR count). The summed E-state index contributed by atoms with van der Waals surface area (Å²) in [5.74, 6) is 0. The van der Waals surface area contributed by atoms with Gasteiger partial charge in [-0.05, 0) is 26.3 Å². The molecule has 0 aliphatic heterocycles. The normalized spacial score (nSPS) is 11.1. The van der Waals surface area contributed by atoms with Crippen LogP contribution in [-0.4, -0.2) is 38.8 Å². The molecule has 7 nitrogen and oxygen atoms in total. The molecular weight excluding hydrogens is 252 g/mol. The largest absolute Gasteiger partial charge is 0.377 e. The molecule has 2 aromatic heterocycles. The highest BCUT2D eigenvalue weighted by Crippen LogP contribution is 2.17. The predicted octanol–water partition coefficient (Wildman–Crippen LogP) is 0.465. The zero-order valence-electron chi connectivity index (χ0n) is 10.5. The number of hydrogen-bond acceptors (Lipinski definition) is 7. The Morgan fingerprint density at radius 3 is 2.89 bits per heavy atom. The lowest BCUT2D eigenvalue weighted by Crippen LogP contribution is -2.02. The summed E-state index contributed by atoms with van der Waals surface area (Å²) >= 11 is 1.45. The van der Waals surface area contributed by atoms with Gasteiger partial charge < -0.3 is 10.5 Å². The maximum absolute atomic E-state index is 5.49. The van der Waals surface area contributed by atoms with Crippen LogP contribution < -0.4 is 5.73 Å². The average molecular weight is 268 g/mol. The number of nitrogens with two attached hydrogens (primary N) is 1. The standard InChI is InChI=1S/C10H16N6OS/c1-7-8(4-3-5-11)12-15-16(7)10-14-13-9(18-10)6-17-2/h3-6,11H2,1-2H3. The van der Waals surface area contributed by atoms with Crippen molar-refractivity contribution in [2.24, 2.45) is 5.73 Å². The Labute approximate surface area is 109 Å². The number of ether oxygens (including phenoxy) is 1. The van der Waals surface area contributed by atoms with Crippen LogP contribution in [-0.2, 0) is 17.8 Å². The molecular formula is C10H16N6OS. The van der Waals surface area contributed by atoms with Crippen LogP contribution in [0.2, 0.25) is 0 Å². The molecule has 0 saturated carbocycles. The molecule has 0 amide bonds. The highest BCUT2D eigenvalue weighted by molar-refractivity contribution is 7.13. The molecule has 18 heavy (non-hydrogen) atoms. The number of aryl methyl sites for hydroxylation is 1. The zero-order chi connectivity index (χ0) is 13.0. The van der Waals surface area contributed by atoms with Crippen molar-refractivity contribution in [2.45, 2.75) is 26.4 Å². The molecule has 0 fully saturated rings. The monoisotopic (exact) mass is 268 g/mol. The van der Waals surface area contributed by atoms with E-state index in [-0.39, 0.29) is 0 Å². The molecule has 2 heterocycles. The number of methoxy groups -OCH3 is 1. The van der Waals surface area contributed by atoms with Gasteiger partial charge in [0.1, 0.15) is 11.6 Å². The van der Waals surface area contributed by atoms with Crippen LogP contribution in [0.5, 0.6) is 0 Å². The molecule has 0 aliphatic rings. The minimum Gasteiger partial charge on any atom is -0.377 e. The lowest BCUT2D eigenvalue weighted by molar-refractivity contribution is 0.184. The summed E-state index contributed by atoms with van der Waals surface area (Å²) in [4.78, 5) is 0. The van der Waals surface area contributed by atoms with Crippen LogP contribution in [0.3, 0.4) is 0 Å². The Morgan fingerprint density at radius 1 is 1.33 bits per heavy atom. The van der Waals surface area contributed by atoms with E-state index < -0.39 is 0 Å². The Kier molecular flexibility index (Phi) is 4.34. The van der Waals surface area contributed by atoms with Gasteiger partial charge in [0.25, 0.3) is 0 Å². The van der Waals surface area contributed by atoms with Gasteiger partial charge in [-0.3, -0.25) is 0 Å². The molecule has 0 atom stereocenters. The van der Waals surface area contributed by atoms with Gasteiger partial charge in [0.15, 0.2) is 0 Å². The summed E-state index contributed by atoms with van der Waals surface area (Å²) in [7, 11) is 1.63. The molecule has 0 radical (unpaired) electrons. The molecule has 2 aromatic rings. The van der Waals surface area contributed by atoms with Gasteiger partial charge >= 0.3 is 0 Å². The molecule has 0 unspecified atom stereocenters.